The number of unbranched alkanes of at least 4 members (excludes halogenated alkanes) is 2. The first-order chi connectivity index (χ1) is 9.45. The fourth-order valence-corrected chi connectivity index (χ4v) is 2.54. The Labute approximate surface area is 120 Å². The minimum absolute atomic E-state index is 0.172. The van der Waals surface area contributed by atoms with E-state index in [0.29, 0.717) is 17.5 Å². The third kappa shape index (κ3) is 3.24. The van der Waals surface area contributed by atoms with Gasteiger partial charge in [0.2, 0.25) is 0 Å². The number of hydrogen-bond donors (Lipinski definition) is 3. The number of benzene rings is 1. The van der Waals surface area contributed by atoms with Crippen molar-refractivity contribution in [2.75, 3.05) is 0 Å². The number of carboxylic acid groups (broad SMARTS) is 1. The second-order valence-electron chi connectivity index (χ2n) is 5.17. The maximum absolute atomic E-state index is 11.3. The fraction of sp³-hybridized carbons (Fsp3) is 0.562. The molecule has 0 unspecified atom stereocenters. The summed E-state index contributed by atoms with van der Waals surface area (Å²) < 4.78 is 0. The third-order valence-electron chi connectivity index (χ3n) is 3.71. The van der Waals surface area contributed by atoms with Crippen LogP contribution in [-0.2, 0) is 12.8 Å². The standard InChI is InChI=1S/C16H24O4/c1-4-6-8-11-10(3)13(16(19)20)15(18)14(17)12(11)9-7-5-2/h17-18H,4-9H2,1-3H3,(H,19,20). The SMILES string of the molecule is CCCCc1c(C)c(C(=O)O)c(O)c(O)c1CCCC. The minimum atomic E-state index is -1.20. The number of phenols is 2. The summed E-state index contributed by atoms with van der Waals surface area (Å²) in [7, 11) is 0. The van der Waals surface area contributed by atoms with Crippen molar-refractivity contribution in [1.29, 1.82) is 0 Å². The highest BCUT2D eigenvalue weighted by molar-refractivity contribution is 5.94. The normalized spacial score (nSPS) is 10.8. The lowest BCUT2D eigenvalue weighted by molar-refractivity contribution is 0.0692. The van der Waals surface area contributed by atoms with Gasteiger partial charge < -0.3 is 15.3 Å². The quantitative estimate of drug-likeness (QED) is 0.664. The molecule has 3 N–H and O–H groups in total. The Morgan fingerprint density at radius 1 is 0.950 bits per heavy atom. The molecule has 1 aromatic rings. The summed E-state index contributed by atoms with van der Waals surface area (Å²) in [6.07, 6.45) is 5.20. The van der Waals surface area contributed by atoms with Crippen molar-refractivity contribution in [2.45, 2.75) is 59.3 Å². The second kappa shape index (κ2) is 7.17. The lowest BCUT2D eigenvalue weighted by Crippen LogP contribution is -2.08. The monoisotopic (exact) mass is 280 g/mol. The van der Waals surface area contributed by atoms with E-state index in [4.69, 9.17) is 0 Å². The molecule has 0 radical (unpaired) electrons. The summed E-state index contributed by atoms with van der Waals surface area (Å²) in [5, 5.41) is 29.3. The van der Waals surface area contributed by atoms with Crippen LogP contribution in [0.2, 0.25) is 0 Å². The molecular weight excluding hydrogens is 256 g/mol. The summed E-state index contributed by atoms with van der Waals surface area (Å²) in [4.78, 5) is 11.3. The molecule has 0 heterocycles. The second-order valence-corrected chi connectivity index (χ2v) is 5.17. The van der Waals surface area contributed by atoms with Gasteiger partial charge in [-0.05, 0) is 43.7 Å². The zero-order chi connectivity index (χ0) is 15.3. The van der Waals surface area contributed by atoms with E-state index >= 15 is 0 Å². The van der Waals surface area contributed by atoms with E-state index in [9.17, 15) is 20.1 Å². The number of hydrogen-bond acceptors (Lipinski definition) is 3. The minimum Gasteiger partial charge on any atom is -0.504 e. The summed E-state index contributed by atoms with van der Waals surface area (Å²) in [5.74, 6) is -1.95. The highest BCUT2D eigenvalue weighted by Crippen LogP contribution is 2.39. The predicted molar refractivity (Wildman–Crippen MR) is 78.7 cm³/mol. The van der Waals surface area contributed by atoms with Crippen molar-refractivity contribution < 1.29 is 20.1 Å². The molecule has 0 aromatic heterocycles. The van der Waals surface area contributed by atoms with Gasteiger partial charge in [-0.3, -0.25) is 0 Å². The van der Waals surface area contributed by atoms with Crippen LogP contribution in [0.5, 0.6) is 11.5 Å². The van der Waals surface area contributed by atoms with Crippen LogP contribution in [0, 0.1) is 6.92 Å². The van der Waals surface area contributed by atoms with Crippen LogP contribution in [0.15, 0.2) is 0 Å². The summed E-state index contributed by atoms with van der Waals surface area (Å²) in [6, 6.07) is 0. The van der Waals surface area contributed by atoms with Crippen molar-refractivity contribution >= 4 is 5.97 Å². The van der Waals surface area contributed by atoms with Gasteiger partial charge >= 0.3 is 5.97 Å². The van der Waals surface area contributed by atoms with Crippen LogP contribution in [0.4, 0.5) is 0 Å². The average molecular weight is 280 g/mol. The van der Waals surface area contributed by atoms with Gasteiger partial charge in [0.15, 0.2) is 11.5 Å². The van der Waals surface area contributed by atoms with Crippen molar-refractivity contribution in [2.24, 2.45) is 0 Å². The molecule has 0 saturated heterocycles. The van der Waals surface area contributed by atoms with Gasteiger partial charge in [0.1, 0.15) is 5.56 Å². The van der Waals surface area contributed by atoms with Gasteiger partial charge in [0.25, 0.3) is 0 Å². The molecule has 4 nitrogen and oxygen atoms in total. The number of carbonyl (C=O) groups is 1. The topological polar surface area (TPSA) is 77.8 Å². The first-order valence-electron chi connectivity index (χ1n) is 7.25. The van der Waals surface area contributed by atoms with Gasteiger partial charge in [-0.2, -0.15) is 0 Å². The zero-order valence-electron chi connectivity index (χ0n) is 12.5. The Kier molecular flexibility index (Phi) is 5.86. The van der Waals surface area contributed by atoms with E-state index in [1.165, 1.54) is 0 Å². The molecule has 0 aliphatic carbocycles. The van der Waals surface area contributed by atoms with Crippen LogP contribution in [-0.4, -0.2) is 21.3 Å². The largest absolute Gasteiger partial charge is 0.504 e. The fourth-order valence-electron chi connectivity index (χ4n) is 2.54. The molecule has 0 amide bonds. The van der Waals surface area contributed by atoms with Crippen molar-refractivity contribution in [3.8, 4) is 11.5 Å². The van der Waals surface area contributed by atoms with E-state index in [1.807, 2.05) is 0 Å². The van der Waals surface area contributed by atoms with E-state index in [0.717, 1.165) is 37.7 Å². The molecule has 0 fully saturated rings. The zero-order valence-corrected chi connectivity index (χ0v) is 12.5. The van der Waals surface area contributed by atoms with Gasteiger partial charge in [0, 0.05) is 5.56 Å². The van der Waals surface area contributed by atoms with Crippen LogP contribution >= 0.6 is 0 Å². The molecule has 1 rings (SSSR count). The highest BCUT2D eigenvalue weighted by atomic mass is 16.4. The Morgan fingerprint density at radius 3 is 1.90 bits per heavy atom. The summed E-state index contributed by atoms with van der Waals surface area (Å²) >= 11 is 0. The number of phenolic OH excluding ortho intramolecular Hbond substituents is 1. The maximum Gasteiger partial charge on any atom is 0.339 e. The smallest absolute Gasteiger partial charge is 0.339 e. The molecule has 0 aliphatic rings. The molecule has 112 valence electrons. The van der Waals surface area contributed by atoms with E-state index in [1.54, 1.807) is 6.92 Å². The first kappa shape index (κ1) is 16.3. The Morgan fingerprint density at radius 2 is 1.45 bits per heavy atom. The third-order valence-corrected chi connectivity index (χ3v) is 3.71. The molecular formula is C16H24O4. The van der Waals surface area contributed by atoms with Crippen LogP contribution in [0.25, 0.3) is 0 Å². The van der Waals surface area contributed by atoms with Crippen molar-refractivity contribution in [3.63, 3.8) is 0 Å². The van der Waals surface area contributed by atoms with Gasteiger partial charge in [-0.1, -0.05) is 26.7 Å². The Bertz CT molecular complexity index is 492. The van der Waals surface area contributed by atoms with E-state index in [2.05, 4.69) is 13.8 Å². The molecule has 4 heteroatoms. The predicted octanol–water partition coefficient (Wildman–Crippen LogP) is 3.79. The van der Waals surface area contributed by atoms with Crippen LogP contribution in [0.3, 0.4) is 0 Å². The van der Waals surface area contributed by atoms with E-state index < -0.39 is 11.7 Å². The van der Waals surface area contributed by atoms with Gasteiger partial charge in [0.05, 0.1) is 0 Å². The Hall–Kier alpha value is -1.71. The van der Waals surface area contributed by atoms with Crippen LogP contribution in [0.1, 0.15) is 66.6 Å². The van der Waals surface area contributed by atoms with E-state index in [-0.39, 0.29) is 11.3 Å². The molecule has 0 aliphatic heterocycles. The molecule has 1 aromatic carbocycles. The van der Waals surface area contributed by atoms with Gasteiger partial charge in [-0.15, -0.1) is 0 Å². The molecule has 0 bridgehead atoms. The lowest BCUT2D eigenvalue weighted by Gasteiger charge is -2.18. The molecule has 20 heavy (non-hydrogen) atoms. The summed E-state index contributed by atoms with van der Waals surface area (Å²) in [6.45, 7) is 5.84. The lowest BCUT2D eigenvalue weighted by atomic mass is 9.89. The van der Waals surface area contributed by atoms with Crippen LogP contribution < -0.4 is 0 Å². The Balaban J connectivity index is 3.43. The number of carboxylic acids is 1. The van der Waals surface area contributed by atoms with Crippen molar-refractivity contribution in [3.05, 3.63) is 22.3 Å². The maximum atomic E-state index is 11.3. The van der Waals surface area contributed by atoms with Crippen molar-refractivity contribution in [1.82, 2.24) is 0 Å². The highest BCUT2D eigenvalue weighted by Gasteiger charge is 2.24. The number of aromatic hydroxyl groups is 2. The summed E-state index contributed by atoms with van der Waals surface area (Å²) in [5.41, 5.74) is 1.99. The number of aromatic carboxylic acids is 1. The molecule has 0 atom stereocenters. The average Bonchev–Trinajstić information content (AvgIpc) is 2.40. The molecule has 0 spiro atoms. The number of rotatable bonds is 7. The molecule has 0 saturated carbocycles. The van der Waals surface area contributed by atoms with Gasteiger partial charge in [-0.25, -0.2) is 4.79 Å². The first-order valence-corrected chi connectivity index (χ1v) is 7.25.